The van der Waals surface area contributed by atoms with E-state index >= 15 is 0 Å². The van der Waals surface area contributed by atoms with E-state index < -0.39 is 0 Å². The molecule has 2 fully saturated rings. The van der Waals surface area contributed by atoms with E-state index in [-0.39, 0.29) is 5.92 Å². The zero-order chi connectivity index (χ0) is 13.0. The van der Waals surface area contributed by atoms with Gasteiger partial charge in [-0.05, 0) is 31.1 Å². The van der Waals surface area contributed by atoms with Gasteiger partial charge in [0.25, 0.3) is 0 Å². The molecule has 0 aromatic rings. The summed E-state index contributed by atoms with van der Waals surface area (Å²) in [6, 6.07) is 0. The van der Waals surface area contributed by atoms with Gasteiger partial charge >= 0.3 is 0 Å². The van der Waals surface area contributed by atoms with Crippen molar-refractivity contribution >= 4 is 5.91 Å². The SMILES string of the molecule is CC(C)C(=O)N1CCC(CC2CCCCC2)CC1. The van der Waals surface area contributed by atoms with Crippen LogP contribution in [0.1, 0.15) is 65.2 Å². The number of hydrogen-bond acceptors (Lipinski definition) is 1. The normalized spacial score (nSPS) is 23.6. The van der Waals surface area contributed by atoms with Gasteiger partial charge in [0.2, 0.25) is 5.91 Å². The summed E-state index contributed by atoms with van der Waals surface area (Å²) < 4.78 is 0. The molecule has 104 valence electrons. The molecule has 1 heterocycles. The number of carbonyl (C=O) groups excluding carboxylic acids is 1. The van der Waals surface area contributed by atoms with Crippen molar-refractivity contribution in [2.24, 2.45) is 17.8 Å². The average molecular weight is 251 g/mol. The van der Waals surface area contributed by atoms with E-state index in [4.69, 9.17) is 0 Å². The molecule has 2 rings (SSSR count). The number of amides is 1. The summed E-state index contributed by atoms with van der Waals surface area (Å²) in [7, 11) is 0. The minimum atomic E-state index is 0.167. The van der Waals surface area contributed by atoms with Crippen LogP contribution in [-0.4, -0.2) is 23.9 Å². The maximum absolute atomic E-state index is 11.9. The Morgan fingerprint density at radius 1 is 1.00 bits per heavy atom. The molecular formula is C16H29NO. The molecule has 2 heteroatoms. The summed E-state index contributed by atoms with van der Waals surface area (Å²) in [6.07, 6.45) is 11.2. The standard InChI is InChI=1S/C16H29NO/c1-13(2)16(18)17-10-8-15(9-11-17)12-14-6-4-3-5-7-14/h13-15H,3-12H2,1-2H3. The number of carbonyl (C=O) groups is 1. The summed E-state index contributed by atoms with van der Waals surface area (Å²) in [6.45, 7) is 6.04. The summed E-state index contributed by atoms with van der Waals surface area (Å²) >= 11 is 0. The number of rotatable bonds is 3. The number of nitrogens with zero attached hydrogens (tertiary/aromatic N) is 1. The lowest BCUT2D eigenvalue weighted by molar-refractivity contribution is -0.135. The van der Waals surface area contributed by atoms with Crippen LogP contribution >= 0.6 is 0 Å². The topological polar surface area (TPSA) is 20.3 Å². The third-order valence-corrected chi connectivity index (χ3v) is 4.81. The molecular weight excluding hydrogens is 222 g/mol. The lowest BCUT2D eigenvalue weighted by Gasteiger charge is -2.35. The lowest BCUT2D eigenvalue weighted by atomic mass is 9.80. The highest BCUT2D eigenvalue weighted by Gasteiger charge is 2.26. The van der Waals surface area contributed by atoms with Crippen molar-refractivity contribution in [2.75, 3.05) is 13.1 Å². The van der Waals surface area contributed by atoms with Crippen molar-refractivity contribution < 1.29 is 4.79 Å². The van der Waals surface area contributed by atoms with Gasteiger partial charge in [0.15, 0.2) is 0 Å². The molecule has 1 aliphatic heterocycles. The van der Waals surface area contributed by atoms with E-state index in [1.807, 2.05) is 13.8 Å². The molecule has 1 amide bonds. The molecule has 0 bridgehead atoms. The van der Waals surface area contributed by atoms with Crippen LogP contribution in [-0.2, 0) is 4.79 Å². The van der Waals surface area contributed by atoms with E-state index in [0.717, 1.165) is 24.9 Å². The van der Waals surface area contributed by atoms with Gasteiger partial charge in [-0.3, -0.25) is 4.79 Å². The van der Waals surface area contributed by atoms with Crippen LogP contribution in [0.2, 0.25) is 0 Å². The first-order valence-electron chi connectivity index (χ1n) is 7.95. The summed E-state index contributed by atoms with van der Waals surface area (Å²) in [5.74, 6) is 2.41. The second kappa shape index (κ2) is 6.58. The smallest absolute Gasteiger partial charge is 0.225 e. The maximum Gasteiger partial charge on any atom is 0.225 e. The van der Waals surface area contributed by atoms with E-state index in [9.17, 15) is 4.79 Å². The Morgan fingerprint density at radius 3 is 2.11 bits per heavy atom. The van der Waals surface area contributed by atoms with Crippen molar-refractivity contribution in [3.8, 4) is 0 Å². The molecule has 0 unspecified atom stereocenters. The van der Waals surface area contributed by atoms with E-state index in [0.29, 0.717) is 5.91 Å². The largest absolute Gasteiger partial charge is 0.342 e. The number of hydrogen-bond donors (Lipinski definition) is 0. The highest BCUT2D eigenvalue weighted by Crippen LogP contribution is 2.33. The zero-order valence-corrected chi connectivity index (χ0v) is 12.2. The summed E-state index contributed by atoms with van der Waals surface area (Å²) in [5.41, 5.74) is 0. The van der Waals surface area contributed by atoms with Crippen molar-refractivity contribution in [3.63, 3.8) is 0 Å². The van der Waals surface area contributed by atoms with Gasteiger partial charge in [0, 0.05) is 19.0 Å². The molecule has 2 aliphatic rings. The Morgan fingerprint density at radius 2 is 1.56 bits per heavy atom. The lowest BCUT2D eigenvalue weighted by Crippen LogP contribution is -2.40. The molecule has 0 N–H and O–H groups in total. The molecule has 0 aromatic carbocycles. The van der Waals surface area contributed by atoms with Crippen LogP contribution in [0.5, 0.6) is 0 Å². The van der Waals surface area contributed by atoms with Crippen LogP contribution in [0, 0.1) is 17.8 Å². The summed E-state index contributed by atoms with van der Waals surface area (Å²) in [5, 5.41) is 0. The Bertz CT molecular complexity index is 260. The molecule has 1 saturated heterocycles. The molecule has 0 aromatic heterocycles. The maximum atomic E-state index is 11.9. The molecule has 2 nitrogen and oxygen atoms in total. The Kier molecular flexibility index (Phi) is 5.08. The molecule has 18 heavy (non-hydrogen) atoms. The fraction of sp³-hybridized carbons (Fsp3) is 0.938. The minimum Gasteiger partial charge on any atom is -0.342 e. The van der Waals surface area contributed by atoms with Gasteiger partial charge in [-0.25, -0.2) is 0 Å². The van der Waals surface area contributed by atoms with Crippen LogP contribution < -0.4 is 0 Å². The van der Waals surface area contributed by atoms with Crippen molar-refractivity contribution in [2.45, 2.75) is 65.2 Å². The van der Waals surface area contributed by atoms with Crippen molar-refractivity contribution in [1.82, 2.24) is 4.90 Å². The second-order valence-corrected chi connectivity index (χ2v) is 6.66. The molecule has 0 spiro atoms. The van der Waals surface area contributed by atoms with Gasteiger partial charge in [0.1, 0.15) is 0 Å². The van der Waals surface area contributed by atoms with Crippen molar-refractivity contribution in [3.05, 3.63) is 0 Å². The van der Waals surface area contributed by atoms with Crippen LogP contribution in [0.3, 0.4) is 0 Å². The fourth-order valence-electron chi connectivity index (χ4n) is 3.65. The van der Waals surface area contributed by atoms with E-state index in [1.165, 1.54) is 51.4 Å². The molecule has 1 aliphatic carbocycles. The first-order valence-corrected chi connectivity index (χ1v) is 7.95. The van der Waals surface area contributed by atoms with E-state index in [2.05, 4.69) is 4.90 Å². The third-order valence-electron chi connectivity index (χ3n) is 4.81. The van der Waals surface area contributed by atoms with Gasteiger partial charge in [-0.15, -0.1) is 0 Å². The quantitative estimate of drug-likeness (QED) is 0.746. The molecule has 0 atom stereocenters. The first-order chi connectivity index (χ1) is 8.66. The van der Waals surface area contributed by atoms with Crippen LogP contribution in [0.4, 0.5) is 0 Å². The Labute approximate surface area is 112 Å². The predicted molar refractivity (Wildman–Crippen MR) is 75.3 cm³/mol. The minimum absolute atomic E-state index is 0.167. The highest BCUT2D eigenvalue weighted by molar-refractivity contribution is 5.78. The first kappa shape index (κ1) is 13.9. The molecule has 1 saturated carbocycles. The van der Waals surface area contributed by atoms with Gasteiger partial charge in [0.05, 0.1) is 0 Å². The highest BCUT2D eigenvalue weighted by atomic mass is 16.2. The number of likely N-dealkylation sites (tertiary alicyclic amines) is 1. The predicted octanol–water partition coefficient (Wildman–Crippen LogP) is 3.85. The molecule has 0 radical (unpaired) electrons. The summed E-state index contributed by atoms with van der Waals surface area (Å²) in [4.78, 5) is 14.0. The second-order valence-electron chi connectivity index (χ2n) is 6.66. The monoisotopic (exact) mass is 251 g/mol. The van der Waals surface area contributed by atoms with Crippen molar-refractivity contribution in [1.29, 1.82) is 0 Å². The van der Waals surface area contributed by atoms with Crippen LogP contribution in [0.25, 0.3) is 0 Å². The Balaban J connectivity index is 1.71. The van der Waals surface area contributed by atoms with E-state index in [1.54, 1.807) is 0 Å². The van der Waals surface area contributed by atoms with Crippen LogP contribution in [0.15, 0.2) is 0 Å². The average Bonchev–Trinajstić information content (AvgIpc) is 2.40. The number of piperidine rings is 1. The zero-order valence-electron chi connectivity index (χ0n) is 12.2. The van der Waals surface area contributed by atoms with Gasteiger partial charge < -0.3 is 4.90 Å². The van der Waals surface area contributed by atoms with Gasteiger partial charge in [-0.2, -0.15) is 0 Å². The third kappa shape index (κ3) is 3.73. The van der Waals surface area contributed by atoms with Gasteiger partial charge in [-0.1, -0.05) is 46.0 Å². The Hall–Kier alpha value is -0.530. The fourth-order valence-corrected chi connectivity index (χ4v) is 3.65.